The summed E-state index contributed by atoms with van der Waals surface area (Å²) in [4.78, 5) is 18.2. The Kier molecular flexibility index (Phi) is 7.26. The van der Waals surface area contributed by atoms with Crippen molar-refractivity contribution in [3.8, 4) is 5.75 Å². The fourth-order valence-corrected chi connectivity index (χ4v) is 4.19. The Morgan fingerprint density at radius 2 is 2.03 bits per heavy atom. The smallest absolute Gasteiger partial charge is 0.269 e. The van der Waals surface area contributed by atoms with Crippen molar-refractivity contribution in [2.75, 3.05) is 26.2 Å². The van der Waals surface area contributed by atoms with E-state index in [1.165, 1.54) is 6.20 Å². The molecule has 2 aromatic heterocycles. The van der Waals surface area contributed by atoms with Gasteiger partial charge in [-0.05, 0) is 49.7 Å². The largest absolute Gasteiger partial charge is 0.492 e. The van der Waals surface area contributed by atoms with E-state index in [9.17, 15) is 15.0 Å². The van der Waals surface area contributed by atoms with E-state index < -0.39 is 11.7 Å². The average molecular weight is 466 g/mol. The lowest BCUT2D eigenvalue weighted by atomic mass is 10.0. The summed E-state index contributed by atoms with van der Waals surface area (Å²) in [6, 6.07) is 14.9. The van der Waals surface area contributed by atoms with Crippen LogP contribution in [0.3, 0.4) is 0 Å². The molecule has 0 aliphatic carbocycles. The molecule has 9 heteroatoms. The fraction of sp³-hybridized carbons (Fsp3) is 0.400. The van der Waals surface area contributed by atoms with Crippen LogP contribution in [0.2, 0.25) is 0 Å². The van der Waals surface area contributed by atoms with E-state index in [0.29, 0.717) is 26.2 Å². The number of hydrogen-bond donors (Lipinski definition) is 3. The number of carbonyl (C=O) groups excluding carboxylic acids is 1. The van der Waals surface area contributed by atoms with Gasteiger partial charge in [-0.15, -0.1) is 0 Å². The fourth-order valence-electron chi connectivity index (χ4n) is 4.19. The summed E-state index contributed by atoms with van der Waals surface area (Å²) in [7, 11) is 0. The van der Waals surface area contributed by atoms with Gasteiger partial charge in [0.15, 0.2) is 0 Å². The Morgan fingerprint density at radius 3 is 2.71 bits per heavy atom. The molecule has 34 heavy (non-hydrogen) atoms. The van der Waals surface area contributed by atoms with Crippen LogP contribution in [-0.2, 0) is 13.1 Å². The summed E-state index contributed by atoms with van der Waals surface area (Å²) in [5, 5.41) is 28.5. The van der Waals surface area contributed by atoms with Crippen LogP contribution in [0.5, 0.6) is 5.75 Å². The first-order chi connectivity index (χ1) is 16.3. The molecule has 180 valence electrons. The number of amides is 1. The van der Waals surface area contributed by atoms with Crippen molar-refractivity contribution in [3.63, 3.8) is 0 Å². The Hall–Kier alpha value is -3.27. The van der Waals surface area contributed by atoms with Gasteiger partial charge in [-0.1, -0.05) is 18.2 Å². The van der Waals surface area contributed by atoms with E-state index in [2.05, 4.69) is 15.4 Å². The van der Waals surface area contributed by atoms with E-state index in [-0.39, 0.29) is 24.7 Å². The highest BCUT2D eigenvalue weighted by Gasteiger charge is 2.44. The lowest BCUT2D eigenvalue weighted by Gasteiger charge is -2.26. The maximum Gasteiger partial charge on any atom is 0.269 e. The zero-order valence-electron chi connectivity index (χ0n) is 19.5. The van der Waals surface area contributed by atoms with Crippen molar-refractivity contribution >= 4 is 5.91 Å². The molecular weight excluding hydrogens is 434 g/mol. The van der Waals surface area contributed by atoms with Gasteiger partial charge in [-0.3, -0.25) is 19.4 Å². The van der Waals surface area contributed by atoms with E-state index in [1.54, 1.807) is 18.2 Å². The van der Waals surface area contributed by atoms with Crippen molar-refractivity contribution in [1.29, 1.82) is 0 Å². The van der Waals surface area contributed by atoms with Crippen molar-refractivity contribution < 1.29 is 19.7 Å². The van der Waals surface area contributed by atoms with Gasteiger partial charge in [-0.25, -0.2) is 0 Å². The normalized spacial score (nSPS) is 20.4. The maximum absolute atomic E-state index is 12.2. The van der Waals surface area contributed by atoms with E-state index >= 15 is 0 Å². The number of hydrogen-bond acceptors (Lipinski definition) is 7. The predicted octanol–water partition coefficient (Wildman–Crippen LogP) is 1.31. The minimum absolute atomic E-state index is 0.0535. The number of nitrogens with one attached hydrogen (secondary N) is 1. The molecule has 0 unspecified atom stereocenters. The second-order valence-electron chi connectivity index (χ2n) is 8.83. The zero-order valence-corrected chi connectivity index (χ0v) is 19.5. The molecule has 3 aromatic rings. The van der Waals surface area contributed by atoms with Gasteiger partial charge >= 0.3 is 0 Å². The van der Waals surface area contributed by atoms with Gasteiger partial charge in [0, 0.05) is 31.5 Å². The van der Waals surface area contributed by atoms with Crippen LogP contribution < -0.4 is 10.1 Å². The molecule has 1 fully saturated rings. The van der Waals surface area contributed by atoms with Crippen molar-refractivity contribution in [1.82, 2.24) is 25.0 Å². The molecule has 0 saturated carbocycles. The highest BCUT2D eigenvalue weighted by Crippen LogP contribution is 2.24. The number of rotatable bonds is 9. The Labute approximate surface area is 199 Å². The number of nitrogens with zero attached hydrogens (tertiary/aromatic N) is 4. The number of aliphatic hydroxyl groups is 2. The molecule has 2 atom stereocenters. The first-order valence-electron chi connectivity index (χ1n) is 11.4. The zero-order chi connectivity index (χ0) is 24.1. The van der Waals surface area contributed by atoms with Crippen LogP contribution in [0.25, 0.3) is 0 Å². The van der Waals surface area contributed by atoms with Gasteiger partial charge in [0.1, 0.15) is 23.7 Å². The van der Waals surface area contributed by atoms with Crippen molar-refractivity contribution in [2.45, 2.75) is 38.6 Å². The van der Waals surface area contributed by atoms with E-state index in [0.717, 1.165) is 22.7 Å². The second-order valence-corrected chi connectivity index (χ2v) is 8.83. The lowest BCUT2D eigenvalue weighted by molar-refractivity contribution is -0.0377. The van der Waals surface area contributed by atoms with Gasteiger partial charge in [0.2, 0.25) is 0 Å². The van der Waals surface area contributed by atoms with Crippen LogP contribution in [-0.4, -0.2) is 73.7 Å². The predicted molar refractivity (Wildman–Crippen MR) is 126 cm³/mol. The number of carbonyl (C=O) groups is 1. The molecule has 3 heterocycles. The molecule has 9 nitrogen and oxygen atoms in total. The molecule has 1 aliphatic heterocycles. The standard InChI is InChI=1S/C25H31N5O4/c1-18-13-19(2)30(28-18)11-12-34-21-8-6-20(7-9-21)14-29-15-23(31)25(33,17-29)16-27-24(32)22-5-3-4-10-26-22/h3-10,13,23,31,33H,11-12,14-17H2,1-2H3,(H,27,32)/t23-,25+/m1/s1. The summed E-state index contributed by atoms with van der Waals surface area (Å²) in [6.07, 6.45) is 0.571. The van der Waals surface area contributed by atoms with Crippen LogP contribution in [0.1, 0.15) is 27.4 Å². The van der Waals surface area contributed by atoms with Crippen LogP contribution in [0.15, 0.2) is 54.7 Å². The summed E-state index contributed by atoms with van der Waals surface area (Å²) in [6.45, 7) is 6.29. The maximum atomic E-state index is 12.2. The first kappa shape index (κ1) is 23.9. The molecule has 1 saturated heterocycles. The van der Waals surface area contributed by atoms with Crippen LogP contribution >= 0.6 is 0 Å². The third kappa shape index (κ3) is 5.80. The highest BCUT2D eigenvalue weighted by atomic mass is 16.5. The number of ether oxygens (including phenoxy) is 1. The quantitative estimate of drug-likeness (QED) is 0.437. The topological polar surface area (TPSA) is 113 Å². The Balaban J connectivity index is 1.25. The molecule has 0 radical (unpaired) electrons. The Morgan fingerprint density at radius 1 is 1.24 bits per heavy atom. The minimum atomic E-state index is -1.42. The summed E-state index contributed by atoms with van der Waals surface area (Å²) in [5.41, 5.74) is 2.00. The van der Waals surface area contributed by atoms with Crippen LogP contribution in [0, 0.1) is 13.8 Å². The molecule has 1 aliphatic rings. The molecule has 1 amide bonds. The monoisotopic (exact) mass is 465 g/mol. The van der Waals surface area contributed by atoms with Gasteiger partial charge in [0.05, 0.1) is 24.9 Å². The molecule has 1 aromatic carbocycles. The Bertz CT molecular complexity index is 1100. The average Bonchev–Trinajstić information content (AvgIpc) is 3.30. The number of benzene rings is 1. The molecular formula is C25H31N5O4. The van der Waals surface area contributed by atoms with E-state index in [1.807, 2.05) is 53.8 Å². The summed E-state index contributed by atoms with van der Waals surface area (Å²) < 4.78 is 7.77. The molecule has 0 spiro atoms. The third-order valence-corrected chi connectivity index (χ3v) is 6.01. The SMILES string of the molecule is Cc1cc(C)n(CCOc2ccc(CN3C[C@@H](O)[C@](O)(CNC(=O)c4ccccn4)C3)cc2)n1. The number of aryl methyl sites for hydroxylation is 2. The molecule has 0 bridgehead atoms. The molecule has 4 rings (SSSR count). The van der Waals surface area contributed by atoms with Crippen molar-refractivity contribution in [3.05, 3.63) is 77.4 Å². The van der Waals surface area contributed by atoms with E-state index in [4.69, 9.17) is 4.74 Å². The third-order valence-electron chi connectivity index (χ3n) is 6.01. The number of β-amino-alcohol motifs (C(OH)–C–C–N with tert-alkyl or cyclic N) is 2. The number of aromatic nitrogens is 3. The van der Waals surface area contributed by atoms with Crippen LogP contribution in [0.4, 0.5) is 0 Å². The second kappa shape index (κ2) is 10.3. The van der Waals surface area contributed by atoms with Gasteiger partial charge in [0.25, 0.3) is 5.91 Å². The summed E-state index contributed by atoms with van der Waals surface area (Å²) >= 11 is 0. The number of aliphatic hydroxyl groups excluding tert-OH is 1. The highest BCUT2D eigenvalue weighted by molar-refractivity contribution is 5.92. The van der Waals surface area contributed by atoms with Gasteiger partial charge < -0.3 is 20.3 Å². The lowest BCUT2D eigenvalue weighted by Crippen LogP contribution is -2.51. The van der Waals surface area contributed by atoms with Crippen molar-refractivity contribution in [2.24, 2.45) is 0 Å². The number of pyridine rings is 1. The minimum Gasteiger partial charge on any atom is -0.492 e. The first-order valence-corrected chi connectivity index (χ1v) is 11.4. The number of likely N-dealkylation sites (tertiary alicyclic amines) is 1. The van der Waals surface area contributed by atoms with Gasteiger partial charge in [-0.2, -0.15) is 5.10 Å². The molecule has 3 N–H and O–H groups in total. The summed E-state index contributed by atoms with van der Waals surface area (Å²) in [5.74, 6) is 0.397.